The van der Waals surface area contributed by atoms with E-state index >= 15 is 0 Å². The van der Waals surface area contributed by atoms with Crippen molar-refractivity contribution in [3.05, 3.63) is 34.1 Å². The van der Waals surface area contributed by atoms with E-state index in [9.17, 15) is 9.18 Å². The maximum Gasteiger partial charge on any atom is 0.252 e. The summed E-state index contributed by atoms with van der Waals surface area (Å²) in [7, 11) is 0. The zero-order valence-corrected chi connectivity index (χ0v) is 10.9. The van der Waals surface area contributed by atoms with Gasteiger partial charge >= 0.3 is 0 Å². The zero-order valence-electron chi connectivity index (χ0n) is 9.30. The highest BCUT2D eigenvalue weighted by atomic mass is 79.9. The zero-order chi connectivity index (χ0) is 12.3. The molecule has 0 aromatic heterocycles. The van der Waals surface area contributed by atoms with E-state index in [-0.39, 0.29) is 10.4 Å². The van der Waals surface area contributed by atoms with E-state index in [4.69, 9.17) is 0 Å². The van der Waals surface area contributed by atoms with Crippen LogP contribution in [0.25, 0.3) is 0 Å². The fourth-order valence-corrected chi connectivity index (χ4v) is 1.96. The molecule has 1 aromatic carbocycles. The first-order chi connectivity index (χ1) is 8.18. The molecule has 2 rings (SSSR count). The second kappa shape index (κ2) is 5.60. The second-order valence-corrected chi connectivity index (χ2v) is 4.88. The molecule has 1 amide bonds. The molecule has 0 unspecified atom stereocenters. The predicted molar refractivity (Wildman–Crippen MR) is 67.5 cm³/mol. The fraction of sp³-hybridized carbons (Fsp3) is 0.417. The van der Waals surface area contributed by atoms with Gasteiger partial charge in [-0.2, -0.15) is 0 Å². The molecule has 5 heteroatoms. The van der Waals surface area contributed by atoms with Crippen LogP contribution < -0.4 is 10.6 Å². The Bertz CT molecular complexity index is 421. The number of halogens is 2. The van der Waals surface area contributed by atoms with Crippen molar-refractivity contribution in [3.8, 4) is 0 Å². The maximum atomic E-state index is 13.2. The highest BCUT2D eigenvalue weighted by Gasteiger charge is 2.19. The van der Waals surface area contributed by atoms with Gasteiger partial charge in [-0.15, -0.1) is 0 Å². The van der Waals surface area contributed by atoms with Gasteiger partial charge in [0, 0.05) is 19.1 Å². The Morgan fingerprint density at radius 2 is 2.18 bits per heavy atom. The molecule has 0 atom stereocenters. The fourth-order valence-electron chi connectivity index (χ4n) is 1.51. The summed E-state index contributed by atoms with van der Waals surface area (Å²) in [5.41, 5.74) is 0.330. The van der Waals surface area contributed by atoms with Crippen molar-refractivity contribution in [2.75, 3.05) is 13.1 Å². The van der Waals surface area contributed by atoms with Gasteiger partial charge < -0.3 is 10.6 Å². The Hall–Kier alpha value is -0.940. The lowest BCUT2D eigenvalue weighted by Gasteiger charge is -2.07. The molecule has 1 saturated carbocycles. The van der Waals surface area contributed by atoms with Crippen molar-refractivity contribution >= 4 is 21.8 Å². The van der Waals surface area contributed by atoms with Gasteiger partial charge in [0.15, 0.2) is 0 Å². The maximum absolute atomic E-state index is 13.2. The van der Waals surface area contributed by atoms with Gasteiger partial charge in [0.25, 0.3) is 5.91 Å². The van der Waals surface area contributed by atoms with Gasteiger partial charge in [-0.3, -0.25) is 4.79 Å². The first-order valence-electron chi connectivity index (χ1n) is 5.64. The van der Waals surface area contributed by atoms with Gasteiger partial charge in [0.1, 0.15) is 5.82 Å². The quantitative estimate of drug-likeness (QED) is 0.818. The van der Waals surface area contributed by atoms with Gasteiger partial charge in [0.2, 0.25) is 0 Å². The van der Waals surface area contributed by atoms with E-state index in [0.717, 1.165) is 6.54 Å². The molecule has 92 valence electrons. The van der Waals surface area contributed by atoms with Crippen molar-refractivity contribution < 1.29 is 9.18 Å². The van der Waals surface area contributed by atoms with Crippen molar-refractivity contribution in [1.82, 2.24) is 10.6 Å². The Kier molecular flexibility index (Phi) is 4.12. The van der Waals surface area contributed by atoms with E-state index in [0.29, 0.717) is 18.2 Å². The van der Waals surface area contributed by atoms with Crippen LogP contribution in [0, 0.1) is 5.82 Å². The number of nitrogens with one attached hydrogen (secondary N) is 2. The molecule has 0 saturated heterocycles. The summed E-state index contributed by atoms with van der Waals surface area (Å²) < 4.78 is 13.4. The van der Waals surface area contributed by atoms with Crippen LogP contribution in [-0.4, -0.2) is 25.0 Å². The minimum absolute atomic E-state index is 0.215. The topological polar surface area (TPSA) is 41.1 Å². The van der Waals surface area contributed by atoms with Crippen LogP contribution in [0.1, 0.15) is 23.2 Å². The van der Waals surface area contributed by atoms with Crippen LogP contribution in [0.15, 0.2) is 22.7 Å². The number of hydrogen-bond acceptors (Lipinski definition) is 2. The lowest BCUT2D eigenvalue weighted by Crippen LogP contribution is -2.32. The molecule has 17 heavy (non-hydrogen) atoms. The number of rotatable bonds is 5. The molecule has 0 heterocycles. The van der Waals surface area contributed by atoms with Gasteiger partial charge in [-0.1, -0.05) is 6.07 Å². The largest absolute Gasteiger partial charge is 0.351 e. The average Bonchev–Trinajstić information content (AvgIpc) is 3.12. The summed E-state index contributed by atoms with van der Waals surface area (Å²) in [4.78, 5) is 11.7. The molecule has 0 radical (unpaired) electrons. The Labute approximate surface area is 108 Å². The minimum atomic E-state index is -0.422. The normalized spacial score (nSPS) is 14.7. The monoisotopic (exact) mass is 300 g/mol. The molecule has 1 fully saturated rings. The summed E-state index contributed by atoms with van der Waals surface area (Å²) in [5, 5.41) is 6.04. The summed E-state index contributed by atoms with van der Waals surface area (Å²) in [5.74, 6) is -0.678. The first-order valence-corrected chi connectivity index (χ1v) is 6.43. The predicted octanol–water partition coefficient (Wildman–Crippen LogP) is 2.07. The minimum Gasteiger partial charge on any atom is -0.351 e. The van der Waals surface area contributed by atoms with Crippen molar-refractivity contribution in [3.63, 3.8) is 0 Å². The summed E-state index contributed by atoms with van der Waals surface area (Å²) in [6, 6.07) is 5.07. The van der Waals surface area contributed by atoms with E-state index in [1.807, 2.05) is 0 Å². The number of carbonyl (C=O) groups excluding carboxylic acids is 1. The molecule has 1 aromatic rings. The standard InChI is InChI=1S/C12H14BrFN2O/c13-11-9(2-1-3-10(11)14)12(17)16-7-6-15-8-4-5-8/h1-3,8,15H,4-7H2,(H,16,17). The summed E-state index contributed by atoms with van der Waals surface area (Å²) in [6.07, 6.45) is 2.45. The van der Waals surface area contributed by atoms with Crippen LogP contribution >= 0.6 is 15.9 Å². The molecule has 0 aliphatic heterocycles. The van der Waals surface area contributed by atoms with E-state index in [1.165, 1.54) is 25.0 Å². The van der Waals surface area contributed by atoms with Gasteiger partial charge in [-0.05, 0) is 40.9 Å². The van der Waals surface area contributed by atoms with Crippen LogP contribution in [0.2, 0.25) is 0 Å². The third kappa shape index (κ3) is 3.51. The first kappa shape index (κ1) is 12.5. The van der Waals surface area contributed by atoms with E-state index < -0.39 is 5.82 Å². The van der Waals surface area contributed by atoms with E-state index in [1.54, 1.807) is 6.07 Å². The number of benzene rings is 1. The van der Waals surface area contributed by atoms with Gasteiger partial charge in [-0.25, -0.2) is 4.39 Å². The smallest absolute Gasteiger partial charge is 0.252 e. The molecule has 1 aliphatic carbocycles. The summed E-state index contributed by atoms with van der Waals surface area (Å²) in [6.45, 7) is 1.31. The lowest BCUT2D eigenvalue weighted by atomic mass is 10.2. The molecular formula is C12H14BrFN2O. The molecule has 2 N–H and O–H groups in total. The van der Waals surface area contributed by atoms with Crippen molar-refractivity contribution in [2.45, 2.75) is 18.9 Å². The Morgan fingerprint density at radius 3 is 2.88 bits per heavy atom. The lowest BCUT2D eigenvalue weighted by molar-refractivity contribution is 0.0952. The molecular weight excluding hydrogens is 287 g/mol. The molecule has 0 spiro atoms. The number of amides is 1. The van der Waals surface area contributed by atoms with Crippen molar-refractivity contribution in [2.24, 2.45) is 0 Å². The number of hydrogen-bond donors (Lipinski definition) is 2. The molecule has 3 nitrogen and oxygen atoms in total. The average molecular weight is 301 g/mol. The Morgan fingerprint density at radius 1 is 1.41 bits per heavy atom. The number of carbonyl (C=O) groups is 1. The highest BCUT2D eigenvalue weighted by molar-refractivity contribution is 9.10. The third-order valence-corrected chi connectivity index (χ3v) is 3.42. The van der Waals surface area contributed by atoms with Crippen LogP contribution in [0.5, 0.6) is 0 Å². The van der Waals surface area contributed by atoms with E-state index in [2.05, 4.69) is 26.6 Å². The Balaban J connectivity index is 1.83. The third-order valence-electron chi connectivity index (χ3n) is 2.62. The van der Waals surface area contributed by atoms with Crippen LogP contribution in [-0.2, 0) is 0 Å². The molecule has 1 aliphatic rings. The summed E-state index contributed by atoms with van der Waals surface area (Å²) >= 11 is 3.07. The molecule has 0 bridgehead atoms. The van der Waals surface area contributed by atoms with Gasteiger partial charge in [0.05, 0.1) is 10.0 Å². The van der Waals surface area contributed by atoms with Crippen molar-refractivity contribution in [1.29, 1.82) is 0 Å². The second-order valence-electron chi connectivity index (χ2n) is 4.09. The van der Waals surface area contributed by atoms with Crippen LogP contribution in [0.3, 0.4) is 0 Å². The highest BCUT2D eigenvalue weighted by Crippen LogP contribution is 2.20. The SMILES string of the molecule is O=C(NCCNC1CC1)c1cccc(F)c1Br. The van der Waals surface area contributed by atoms with Crippen LogP contribution in [0.4, 0.5) is 4.39 Å².